The second-order valence-corrected chi connectivity index (χ2v) is 8.41. The van der Waals surface area contributed by atoms with Crippen molar-refractivity contribution < 1.29 is 13.2 Å². The van der Waals surface area contributed by atoms with Crippen LogP contribution in [-0.4, -0.2) is 19.3 Å². The average Bonchev–Trinajstić information content (AvgIpc) is 3.07. The van der Waals surface area contributed by atoms with Gasteiger partial charge < -0.3 is 5.32 Å². The molecule has 0 radical (unpaired) electrons. The highest BCUT2D eigenvalue weighted by Crippen LogP contribution is 2.26. The number of carbonyl (C=O) groups excluding carboxylic acids is 1. The van der Waals surface area contributed by atoms with E-state index >= 15 is 0 Å². The summed E-state index contributed by atoms with van der Waals surface area (Å²) < 4.78 is 26.9. The summed E-state index contributed by atoms with van der Waals surface area (Å²) in [5.74, 6) is -0.489. The summed E-state index contributed by atoms with van der Waals surface area (Å²) in [6.45, 7) is 0. The van der Waals surface area contributed by atoms with Crippen LogP contribution in [-0.2, 0) is 10.0 Å². The van der Waals surface area contributed by atoms with Gasteiger partial charge in [-0.05, 0) is 36.4 Å². The van der Waals surface area contributed by atoms with Crippen molar-refractivity contribution in [1.29, 1.82) is 0 Å². The molecule has 1 amide bonds. The molecule has 2 aromatic carbocycles. The molecule has 2 N–H and O–H groups in total. The molecular weight excluding hydrogens is 417 g/mol. The van der Waals surface area contributed by atoms with Gasteiger partial charge in [-0.2, -0.15) is 0 Å². The summed E-state index contributed by atoms with van der Waals surface area (Å²) in [5, 5.41) is 5.02. The molecule has 3 rings (SSSR count). The molecule has 0 aliphatic rings. The van der Waals surface area contributed by atoms with Crippen LogP contribution in [0.2, 0.25) is 10.0 Å². The third kappa shape index (κ3) is 4.16. The van der Waals surface area contributed by atoms with Gasteiger partial charge in [-0.3, -0.25) is 9.52 Å². The predicted molar refractivity (Wildman–Crippen MR) is 104 cm³/mol. The Kier molecular flexibility index (Phi) is 5.47. The van der Waals surface area contributed by atoms with E-state index in [0.717, 1.165) is 0 Å². The number of nitrogens with zero attached hydrogens (tertiary/aromatic N) is 1. The number of benzene rings is 2. The molecule has 10 heteroatoms. The zero-order valence-electron chi connectivity index (χ0n) is 12.9. The van der Waals surface area contributed by atoms with Crippen LogP contribution >= 0.6 is 34.5 Å². The molecule has 0 bridgehead atoms. The Bertz CT molecular complexity index is 1020. The van der Waals surface area contributed by atoms with Crippen molar-refractivity contribution in [2.75, 3.05) is 10.0 Å². The second kappa shape index (κ2) is 7.63. The number of rotatable bonds is 5. The number of halogens is 2. The van der Waals surface area contributed by atoms with Gasteiger partial charge >= 0.3 is 0 Å². The Morgan fingerprint density at radius 3 is 2.27 bits per heavy atom. The number of hydrogen-bond acceptors (Lipinski definition) is 5. The summed E-state index contributed by atoms with van der Waals surface area (Å²) in [6.07, 6.45) is 1.50. The zero-order valence-corrected chi connectivity index (χ0v) is 16.1. The largest absolute Gasteiger partial charge is 0.322 e. The lowest BCUT2D eigenvalue weighted by Crippen LogP contribution is -2.14. The van der Waals surface area contributed by atoms with Crippen LogP contribution in [0.4, 0.5) is 10.8 Å². The molecule has 0 saturated heterocycles. The maximum absolute atomic E-state index is 12.3. The molecule has 0 atom stereocenters. The molecule has 0 aliphatic carbocycles. The van der Waals surface area contributed by atoms with Crippen molar-refractivity contribution in [1.82, 2.24) is 4.98 Å². The van der Waals surface area contributed by atoms with E-state index in [9.17, 15) is 13.2 Å². The third-order valence-electron chi connectivity index (χ3n) is 3.27. The Labute approximate surface area is 163 Å². The Balaban J connectivity index is 1.76. The molecule has 3 aromatic rings. The van der Waals surface area contributed by atoms with E-state index in [4.69, 9.17) is 23.2 Å². The second-order valence-electron chi connectivity index (χ2n) is 5.02. The number of amides is 1. The first-order valence-corrected chi connectivity index (χ1v) is 10.3. The highest BCUT2D eigenvalue weighted by atomic mass is 35.5. The maximum atomic E-state index is 12.3. The molecule has 1 aromatic heterocycles. The summed E-state index contributed by atoms with van der Waals surface area (Å²) in [5.41, 5.74) is 0.553. The molecule has 0 fully saturated rings. The minimum atomic E-state index is -3.75. The fourth-order valence-corrected chi connectivity index (χ4v) is 4.43. The van der Waals surface area contributed by atoms with Gasteiger partial charge in [-0.1, -0.05) is 29.3 Å². The maximum Gasteiger partial charge on any atom is 0.263 e. The lowest BCUT2D eigenvalue weighted by Gasteiger charge is -2.09. The Morgan fingerprint density at radius 2 is 1.69 bits per heavy atom. The van der Waals surface area contributed by atoms with E-state index in [1.807, 2.05) is 0 Å². The number of thiazole rings is 1. The van der Waals surface area contributed by atoms with Crippen molar-refractivity contribution in [2.24, 2.45) is 0 Å². The highest BCUT2D eigenvalue weighted by Gasteiger charge is 2.17. The summed E-state index contributed by atoms with van der Waals surface area (Å²) in [6, 6.07) is 10.4. The number of hydrogen-bond donors (Lipinski definition) is 2. The van der Waals surface area contributed by atoms with Crippen LogP contribution in [0.5, 0.6) is 0 Å². The molecule has 1 heterocycles. The third-order valence-corrected chi connectivity index (χ3v) is 6.07. The van der Waals surface area contributed by atoms with E-state index < -0.39 is 15.9 Å². The van der Waals surface area contributed by atoms with Gasteiger partial charge in [0.05, 0.1) is 20.5 Å². The van der Waals surface area contributed by atoms with Crippen molar-refractivity contribution in [3.05, 3.63) is 69.7 Å². The first-order valence-electron chi connectivity index (χ1n) is 7.14. The van der Waals surface area contributed by atoms with Crippen LogP contribution in [0.3, 0.4) is 0 Å². The lowest BCUT2D eigenvalue weighted by atomic mass is 10.2. The molecule has 0 spiro atoms. The van der Waals surface area contributed by atoms with E-state index in [0.29, 0.717) is 5.69 Å². The molecule has 0 aliphatic heterocycles. The molecule has 6 nitrogen and oxygen atoms in total. The van der Waals surface area contributed by atoms with Gasteiger partial charge in [0.2, 0.25) is 0 Å². The minimum Gasteiger partial charge on any atom is -0.322 e. The average molecular weight is 428 g/mol. The van der Waals surface area contributed by atoms with E-state index in [1.165, 1.54) is 41.8 Å². The highest BCUT2D eigenvalue weighted by molar-refractivity contribution is 7.93. The van der Waals surface area contributed by atoms with Crippen molar-refractivity contribution in [3.63, 3.8) is 0 Å². The van der Waals surface area contributed by atoms with Gasteiger partial charge in [-0.15, -0.1) is 11.3 Å². The van der Waals surface area contributed by atoms with E-state index in [2.05, 4.69) is 15.0 Å². The normalized spacial score (nSPS) is 11.2. The molecule has 134 valence electrons. The lowest BCUT2D eigenvalue weighted by molar-refractivity contribution is 0.102. The summed E-state index contributed by atoms with van der Waals surface area (Å²) in [7, 11) is -3.75. The van der Waals surface area contributed by atoms with Crippen molar-refractivity contribution in [3.8, 4) is 0 Å². The Hall–Kier alpha value is -2.13. The fraction of sp³-hybridized carbons (Fsp3) is 0. The van der Waals surface area contributed by atoms with Gasteiger partial charge in [0.25, 0.3) is 15.9 Å². The SMILES string of the molecule is O=C(Nc1ccc(S(=O)(=O)Nc2nccs2)cc1)c1c(Cl)cccc1Cl. The number of carbonyl (C=O) groups is 1. The smallest absolute Gasteiger partial charge is 0.263 e. The van der Waals surface area contributed by atoms with Crippen LogP contribution in [0, 0.1) is 0 Å². The quantitative estimate of drug-likeness (QED) is 0.626. The summed E-state index contributed by atoms with van der Waals surface area (Å²) in [4.78, 5) is 16.3. The number of anilines is 2. The van der Waals surface area contributed by atoms with Gasteiger partial charge in [-0.25, -0.2) is 13.4 Å². The van der Waals surface area contributed by atoms with Crippen molar-refractivity contribution >= 4 is 61.3 Å². The van der Waals surface area contributed by atoms with Crippen LogP contribution in [0.25, 0.3) is 0 Å². The molecule has 0 saturated carbocycles. The first-order chi connectivity index (χ1) is 12.4. The van der Waals surface area contributed by atoms with E-state index in [1.54, 1.807) is 23.6 Å². The van der Waals surface area contributed by atoms with Gasteiger partial charge in [0.15, 0.2) is 5.13 Å². The number of sulfonamides is 1. The first kappa shape index (κ1) is 18.7. The monoisotopic (exact) mass is 427 g/mol. The molecular formula is C16H11Cl2N3O3S2. The van der Waals surface area contributed by atoms with Crippen LogP contribution in [0.1, 0.15) is 10.4 Å². The van der Waals surface area contributed by atoms with Crippen LogP contribution in [0.15, 0.2) is 58.9 Å². The topological polar surface area (TPSA) is 88.2 Å². The Morgan fingerprint density at radius 1 is 1.04 bits per heavy atom. The van der Waals surface area contributed by atoms with Gasteiger partial charge in [0, 0.05) is 17.3 Å². The minimum absolute atomic E-state index is 0.0430. The van der Waals surface area contributed by atoms with Gasteiger partial charge in [0.1, 0.15) is 0 Å². The number of nitrogens with one attached hydrogen (secondary N) is 2. The molecule has 26 heavy (non-hydrogen) atoms. The van der Waals surface area contributed by atoms with E-state index in [-0.39, 0.29) is 25.6 Å². The predicted octanol–water partition coefficient (Wildman–Crippen LogP) is 4.50. The zero-order chi connectivity index (χ0) is 18.7. The van der Waals surface area contributed by atoms with Crippen LogP contribution < -0.4 is 10.0 Å². The summed E-state index contributed by atoms with van der Waals surface area (Å²) >= 11 is 13.2. The molecule has 0 unspecified atom stereocenters. The fourth-order valence-electron chi connectivity index (χ4n) is 2.07. The number of aromatic nitrogens is 1. The standard InChI is InChI=1S/C16H11Cl2N3O3S2/c17-12-2-1-3-13(18)14(12)15(22)20-10-4-6-11(7-5-10)26(23,24)21-16-19-8-9-25-16/h1-9H,(H,19,21)(H,20,22). The van der Waals surface area contributed by atoms with Crippen molar-refractivity contribution in [2.45, 2.75) is 4.90 Å².